The standard InChI is InChI=1S/C16H26BrNO/c1-11(2)9-18(10-12(3)4)14-6-7-15(13(5)19)16(17)8-14/h6-8,11-13,19H,9-10H2,1-5H3. The van der Waals surface area contributed by atoms with Crippen LogP contribution in [-0.2, 0) is 0 Å². The number of halogens is 1. The van der Waals surface area contributed by atoms with Gasteiger partial charge in [-0.05, 0) is 36.5 Å². The minimum atomic E-state index is -0.438. The fourth-order valence-electron chi connectivity index (χ4n) is 2.22. The van der Waals surface area contributed by atoms with E-state index in [-0.39, 0.29) is 0 Å². The molecule has 0 aliphatic rings. The van der Waals surface area contributed by atoms with Crippen molar-refractivity contribution < 1.29 is 5.11 Å². The van der Waals surface area contributed by atoms with Crippen molar-refractivity contribution in [3.8, 4) is 0 Å². The lowest BCUT2D eigenvalue weighted by atomic mass is 10.1. The molecule has 3 heteroatoms. The predicted octanol–water partition coefficient (Wildman–Crippen LogP) is 4.62. The molecular formula is C16H26BrNO. The van der Waals surface area contributed by atoms with E-state index in [4.69, 9.17) is 0 Å². The summed E-state index contributed by atoms with van der Waals surface area (Å²) in [6.45, 7) is 12.9. The number of aliphatic hydroxyl groups excluding tert-OH is 1. The number of nitrogens with zero attached hydrogens (tertiary/aromatic N) is 1. The Hall–Kier alpha value is -0.540. The van der Waals surface area contributed by atoms with Crippen LogP contribution in [0.5, 0.6) is 0 Å². The first-order valence-electron chi connectivity index (χ1n) is 7.03. The van der Waals surface area contributed by atoms with Gasteiger partial charge in [-0.1, -0.05) is 49.7 Å². The van der Waals surface area contributed by atoms with Crippen LogP contribution in [0.2, 0.25) is 0 Å². The smallest absolute Gasteiger partial charge is 0.0772 e. The van der Waals surface area contributed by atoms with Gasteiger partial charge < -0.3 is 10.0 Å². The molecule has 0 amide bonds. The topological polar surface area (TPSA) is 23.5 Å². The number of aliphatic hydroxyl groups is 1. The number of hydrogen-bond donors (Lipinski definition) is 1. The van der Waals surface area contributed by atoms with Crippen LogP contribution < -0.4 is 4.90 Å². The van der Waals surface area contributed by atoms with Gasteiger partial charge in [0, 0.05) is 23.2 Å². The van der Waals surface area contributed by atoms with E-state index in [1.807, 2.05) is 6.07 Å². The molecule has 0 radical (unpaired) electrons. The molecule has 2 nitrogen and oxygen atoms in total. The first-order valence-corrected chi connectivity index (χ1v) is 7.83. The van der Waals surface area contributed by atoms with E-state index < -0.39 is 6.10 Å². The summed E-state index contributed by atoms with van der Waals surface area (Å²) in [5, 5.41) is 9.68. The predicted molar refractivity (Wildman–Crippen MR) is 86.7 cm³/mol. The Labute approximate surface area is 126 Å². The van der Waals surface area contributed by atoms with Crippen LogP contribution >= 0.6 is 15.9 Å². The lowest BCUT2D eigenvalue weighted by Crippen LogP contribution is -2.31. The van der Waals surface area contributed by atoms with Crippen molar-refractivity contribution in [2.75, 3.05) is 18.0 Å². The molecular weight excluding hydrogens is 302 g/mol. The Balaban J connectivity index is 2.98. The van der Waals surface area contributed by atoms with E-state index in [0.29, 0.717) is 11.8 Å². The van der Waals surface area contributed by atoms with Crippen LogP contribution in [0.15, 0.2) is 22.7 Å². The Kier molecular flexibility index (Phi) is 6.34. The summed E-state index contributed by atoms with van der Waals surface area (Å²) < 4.78 is 0.984. The van der Waals surface area contributed by atoms with Crippen molar-refractivity contribution in [2.24, 2.45) is 11.8 Å². The number of hydrogen-bond acceptors (Lipinski definition) is 2. The summed E-state index contributed by atoms with van der Waals surface area (Å²) in [6.07, 6.45) is -0.438. The highest BCUT2D eigenvalue weighted by atomic mass is 79.9. The van der Waals surface area contributed by atoms with Crippen molar-refractivity contribution in [3.63, 3.8) is 0 Å². The molecule has 19 heavy (non-hydrogen) atoms. The van der Waals surface area contributed by atoms with Crippen molar-refractivity contribution in [1.29, 1.82) is 0 Å². The summed E-state index contributed by atoms with van der Waals surface area (Å²) in [5.74, 6) is 1.27. The molecule has 108 valence electrons. The van der Waals surface area contributed by atoms with E-state index in [0.717, 1.165) is 23.1 Å². The number of anilines is 1. The molecule has 1 atom stereocenters. The van der Waals surface area contributed by atoms with Gasteiger partial charge in [-0.3, -0.25) is 0 Å². The third-order valence-corrected chi connectivity index (χ3v) is 3.66. The Morgan fingerprint density at radius 2 is 1.58 bits per heavy atom. The van der Waals surface area contributed by atoms with Gasteiger partial charge >= 0.3 is 0 Å². The summed E-state index contributed by atoms with van der Waals surface area (Å²) in [5.41, 5.74) is 2.16. The molecule has 0 aliphatic carbocycles. The van der Waals surface area contributed by atoms with Crippen molar-refractivity contribution in [3.05, 3.63) is 28.2 Å². The maximum absolute atomic E-state index is 9.68. The first-order chi connectivity index (χ1) is 8.81. The summed E-state index contributed by atoms with van der Waals surface area (Å²) in [6, 6.07) is 6.24. The van der Waals surface area contributed by atoms with Gasteiger partial charge in [-0.2, -0.15) is 0 Å². The quantitative estimate of drug-likeness (QED) is 0.823. The van der Waals surface area contributed by atoms with Crippen LogP contribution in [0.1, 0.15) is 46.3 Å². The van der Waals surface area contributed by atoms with Gasteiger partial charge in [0.15, 0.2) is 0 Å². The molecule has 0 heterocycles. The number of rotatable bonds is 6. The first kappa shape index (κ1) is 16.5. The molecule has 0 aromatic heterocycles. The lowest BCUT2D eigenvalue weighted by molar-refractivity contribution is 0.198. The molecule has 1 unspecified atom stereocenters. The van der Waals surface area contributed by atoms with Crippen LogP contribution in [0.4, 0.5) is 5.69 Å². The fraction of sp³-hybridized carbons (Fsp3) is 0.625. The second-order valence-corrected chi connectivity index (χ2v) is 6.93. The van der Waals surface area contributed by atoms with Crippen LogP contribution in [0, 0.1) is 11.8 Å². The zero-order chi connectivity index (χ0) is 14.6. The maximum Gasteiger partial charge on any atom is 0.0772 e. The molecule has 0 spiro atoms. The lowest BCUT2D eigenvalue weighted by Gasteiger charge is -2.29. The minimum Gasteiger partial charge on any atom is -0.389 e. The second-order valence-electron chi connectivity index (χ2n) is 6.07. The summed E-state index contributed by atoms with van der Waals surface area (Å²) in [4.78, 5) is 2.42. The zero-order valence-corrected chi connectivity index (χ0v) is 14.2. The zero-order valence-electron chi connectivity index (χ0n) is 12.7. The van der Waals surface area contributed by atoms with Crippen LogP contribution in [-0.4, -0.2) is 18.2 Å². The molecule has 0 saturated heterocycles. The SMILES string of the molecule is CC(C)CN(CC(C)C)c1ccc(C(C)O)c(Br)c1. The third kappa shape index (κ3) is 5.15. The van der Waals surface area contributed by atoms with E-state index in [1.165, 1.54) is 5.69 Å². The van der Waals surface area contributed by atoms with E-state index in [2.05, 4.69) is 60.7 Å². The van der Waals surface area contributed by atoms with Crippen molar-refractivity contribution in [2.45, 2.75) is 40.7 Å². The molecule has 1 aromatic rings. The molecule has 1 rings (SSSR count). The second kappa shape index (κ2) is 7.30. The third-order valence-electron chi connectivity index (χ3n) is 2.97. The van der Waals surface area contributed by atoms with Gasteiger partial charge in [0.1, 0.15) is 0 Å². The highest BCUT2D eigenvalue weighted by Crippen LogP contribution is 2.29. The molecule has 0 saturated carbocycles. The van der Waals surface area contributed by atoms with Gasteiger partial charge in [0.25, 0.3) is 0 Å². The Morgan fingerprint density at radius 1 is 1.05 bits per heavy atom. The highest BCUT2D eigenvalue weighted by Gasteiger charge is 2.13. The van der Waals surface area contributed by atoms with Gasteiger partial charge in [-0.25, -0.2) is 0 Å². The molecule has 0 bridgehead atoms. The van der Waals surface area contributed by atoms with Gasteiger partial charge in [0.2, 0.25) is 0 Å². The van der Waals surface area contributed by atoms with E-state index >= 15 is 0 Å². The Morgan fingerprint density at radius 3 is 1.95 bits per heavy atom. The Bertz CT molecular complexity index is 392. The fourth-order valence-corrected chi connectivity index (χ4v) is 2.92. The summed E-state index contributed by atoms with van der Waals surface area (Å²) in [7, 11) is 0. The van der Waals surface area contributed by atoms with Crippen LogP contribution in [0.25, 0.3) is 0 Å². The minimum absolute atomic E-state index is 0.438. The van der Waals surface area contributed by atoms with Gasteiger partial charge in [0.05, 0.1) is 6.10 Å². The van der Waals surface area contributed by atoms with E-state index in [1.54, 1.807) is 6.92 Å². The highest BCUT2D eigenvalue weighted by molar-refractivity contribution is 9.10. The summed E-state index contributed by atoms with van der Waals surface area (Å²) >= 11 is 3.56. The van der Waals surface area contributed by atoms with E-state index in [9.17, 15) is 5.11 Å². The van der Waals surface area contributed by atoms with Crippen LogP contribution in [0.3, 0.4) is 0 Å². The number of benzene rings is 1. The molecule has 0 aliphatic heterocycles. The monoisotopic (exact) mass is 327 g/mol. The van der Waals surface area contributed by atoms with Gasteiger partial charge in [-0.15, -0.1) is 0 Å². The molecule has 1 aromatic carbocycles. The molecule has 1 N–H and O–H groups in total. The average Bonchev–Trinajstić information content (AvgIpc) is 2.26. The maximum atomic E-state index is 9.68. The van der Waals surface area contributed by atoms with Crippen molar-refractivity contribution in [1.82, 2.24) is 0 Å². The van der Waals surface area contributed by atoms with Crippen molar-refractivity contribution >= 4 is 21.6 Å². The molecule has 0 fully saturated rings. The normalized spacial score (nSPS) is 13.1. The largest absolute Gasteiger partial charge is 0.389 e. The average molecular weight is 328 g/mol.